The molecule has 0 aliphatic heterocycles. The van der Waals surface area contributed by atoms with E-state index in [0.717, 1.165) is 12.1 Å². The third-order valence-corrected chi connectivity index (χ3v) is 3.98. The number of carbonyl (C=O) groups is 1. The van der Waals surface area contributed by atoms with Crippen molar-refractivity contribution in [1.29, 1.82) is 0 Å². The van der Waals surface area contributed by atoms with Gasteiger partial charge in [-0.3, -0.25) is 9.79 Å². The molecule has 0 saturated carbocycles. The molecule has 2 N–H and O–H groups in total. The van der Waals surface area contributed by atoms with E-state index in [-0.39, 0.29) is 11.3 Å². The maximum absolute atomic E-state index is 12.4. The minimum absolute atomic E-state index is 0.145. The Kier molecular flexibility index (Phi) is 5.74. The van der Waals surface area contributed by atoms with E-state index >= 15 is 0 Å². The van der Waals surface area contributed by atoms with Gasteiger partial charge >= 0.3 is 21.6 Å². The van der Waals surface area contributed by atoms with Crippen LogP contribution in [0.25, 0.3) is 0 Å². The Morgan fingerprint density at radius 2 is 1.70 bits per heavy atom. The number of halogens is 3. The molecule has 11 heteroatoms. The van der Waals surface area contributed by atoms with Crippen molar-refractivity contribution in [2.45, 2.75) is 12.4 Å². The van der Waals surface area contributed by atoms with Crippen LogP contribution in [0.4, 0.5) is 24.5 Å². The molecule has 0 saturated heterocycles. The summed E-state index contributed by atoms with van der Waals surface area (Å²) in [6.07, 6.45) is 1.23. The van der Waals surface area contributed by atoms with Crippen LogP contribution in [0.3, 0.4) is 0 Å². The fourth-order valence-electron chi connectivity index (χ4n) is 1.80. The van der Waals surface area contributed by atoms with Crippen LogP contribution in [0.15, 0.2) is 47.5 Å². The van der Waals surface area contributed by atoms with Gasteiger partial charge in [0.2, 0.25) is 0 Å². The molecular weight excluding hydrogens is 389 g/mol. The molecule has 0 amide bonds. The van der Waals surface area contributed by atoms with E-state index in [2.05, 4.69) is 9.18 Å². The highest BCUT2D eigenvalue weighted by atomic mass is 32.2. The van der Waals surface area contributed by atoms with Crippen LogP contribution in [0.5, 0.6) is 11.5 Å². The first-order chi connectivity index (χ1) is 12.5. The van der Waals surface area contributed by atoms with E-state index in [4.69, 9.17) is 10.5 Å². The Balaban J connectivity index is 2.21. The summed E-state index contributed by atoms with van der Waals surface area (Å²) in [5.74, 6) is -0.730. The third kappa shape index (κ3) is 5.45. The average molecular weight is 402 g/mol. The highest BCUT2D eigenvalue weighted by Gasteiger charge is 2.48. The lowest BCUT2D eigenvalue weighted by molar-refractivity contribution is -0.131. The zero-order chi connectivity index (χ0) is 20.2. The van der Waals surface area contributed by atoms with Crippen molar-refractivity contribution in [2.24, 2.45) is 4.99 Å². The number of esters is 1. The highest BCUT2D eigenvalue weighted by Crippen LogP contribution is 2.28. The average Bonchev–Trinajstić information content (AvgIpc) is 2.55. The fraction of sp³-hybridized carbons (Fsp3) is 0.125. The Morgan fingerprint density at radius 3 is 2.26 bits per heavy atom. The summed E-state index contributed by atoms with van der Waals surface area (Å²) >= 11 is 0. The molecule has 0 bridgehead atoms. The van der Waals surface area contributed by atoms with Crippen LogP contribution in [-0.2, 0) is 14.9 Å². The Labute approximate surface area is 152 Å². The SMILES string of the molecule is CC(=O)Oc1ccc(N=Cc2cc(OS(=O)(=O)C(F)(F)F)ccc2N)cc1. The van der Waals surface area contributed by atoms with Crippen LogP contribution in [0.2, 0.25) is 0 Å². The molecule has 0 spiro atoms. The number of aliphatic imine (C=N–C) groups is 1. The molecule has 27 heavy (non-hydrogen) atoms. The van der Waals surface area contributed by atoms with Crippen LogP contribution < -0.4 is 14.7 Å². The Bertz CT molecular complexity index is 971. The number of alkyl halides is 3. The van der Waals surface area contributed by atoms with Crippen molar-refractivity contribution < 1.29 is 35.3 Å². The van der Waals surface area contributed by atoms with Gasteiger partial charge in [-0.25, -0.2) is 0 Å². The van der Waals surface area contributed by atoms with Crippen molar-refractivity contribution in [3.63, 3.8) is 0 Å². The molecule has 0 heterocycles. The van der Waals surface area contributed by atoms with Gasteiger partial charge in [-0.1, -0.05) is 0 Å². The number of nitrogens with two attached hydrogens (primary N) is 1. The summed E-state index contributed by atoms with van der Waals surface area (Å²) in [6, 6.07) is 9.23. The number of nitrogen functional groups attached to an aromatic ring is 1. The van der Waals surface area contributed by atoms with E-state index in [9.17, 15) is 26.4 Å². The molecule has 0 aromatic heterocycles. The minimum atomic E-state index is -5.79. The van der Waals surface area contributed by atoms with E-state index in [0.29, 0.717) is 11.4 Å². The minimum Gasteiger partial charge on any atom is -0.427 e. The van der Waals surface area contributed by atoms with Gasteiger partial charge in [0.05, 0.1) is 5.69 Å². The lowest BCUT2D eigenvalue weighted by atomic mass is 10.2. The van der Waals surface area contributed by atoms with Crippen molar-refractivity contribution in [1.82, 2.24) is 0 Å². The molecular formula is C16H13F3N2O5S. The molecule has 0 radical (unpaired) electrons. The molecule has 0 aliphatic rings. The van der Waals surface area contributed by atoms with E-state index in [1.807, 2.05) is 0 Å². The van der Waals surface area contributed by atoms with Crippen LogP contribution in [0, 0.1) is 0 Å². The summed E-state index contributed by atoms with van der Waals surface area (Å²) in [5.41, 5.74) is 0.880. The lowest BCUT2D eigenvalue weighted by Gasteiger charge is -2.10. The predicted octanol–water partition coefficient (Wildman–Crippen LogP) is 3.17. The van der Waals surface area contributed by atoms with Crippen molar-refractivity contribution >= 4 is 33.7 Å². The third-order valence-electron chi connectivity index (χ3n) is 3.00. The van der Waals surface area contributed by atoms with Crippen molar-refractivity contribution in [3.8, 4) is 11.5 Å². The van der Waals surface area contributed by atoms with Crippen molar-refractivity contribution in [3.05, 3.63) is 48.0 Å². The van der Waals surface area contributed by atoms with E-state index < -0.39 is 27.3 Å². The molecule has 2 aromatic carbocycles. The summed E-state index contributed by atoms with van der Waals surface area (Å²) in [6.45, 7) is 1.25. The second kappa shape index (κ2) is 7.66. The van der Waals surface area contributed by atoms with Gasteiger partial charge in [-0.05, 0) is 42.5 Å². The number of nitrogens with zero attached hydrogens (tertiary/aromatic N) is 1. The number of ether oxygens (including phenoxy) is 1. The first kappa shape index (κ1) is 20.2. The lowest BCUT2D eigenvalue weighted by Crippen LogP contribution is -2.28. The molecule has 0 aliphatic carbocycles. The van der Waals surface area contributed by atoms with Gasteiger partial charge in [0, 0.05) is 24.4 Å². The topological polar surface area (TPSA) is 108 Å². The quantitative estimate of drug-likeness (QED) is 0.206. The standard InChI is InChI=1S/C16H13F3N2O5S/c1-10(22)25-13-4-2-12(3-5-13)21-9-11-8-14(6-7-15(11)20)26-27(23,24)16(17,18)19/h2-9H,20H2,1H3. The Hall–Kier alpha value is -3.08. The van der Waals surface area contributed by atoms with Crippen LogP contribution >= 0.6 is 0 Å². The highest BCUT2D eigenvalue weighted by molar-refractivity contribution is 7.88. The molecule has 7 nitrogen and oxygen atoms in total. The van der Waals surface area contributed by atoms with Crippen LogP contribution in [0.1, 0.15) is 12.5 Å². The number of carbonyl (C=O) groups excluding carboxylic acids is 1. The Morgan fingerprint density at radius 1 is 1.11 bits per heavy atom. The summed E-state index contributed by atoms with van der Waals surface area (Å²) in [7, 11) is -5.79. The van der Waals surface area contributed by atoms with Gasteiger partial charge in [-0.15, -0.1) is 0 Å². The number of rotatable bonds is 5. The van der Waals surface area contributed by atoms with E-state index in [1.165, 1.54) is 43.5 Å². The molecule has 144 valence electrons. The van der Waals surface area contributed by atoms with Gasteiger partial charge in [0.1, 0.15) is 11.5 Å². The first-order valence-corrected chi connectivity index (χ1v) is 8.61. The largest absolute Gasteiger partial charge is 0.534 e. The summed E-state index contributed by atoms with van der Waals surface area (Å²) in [4.78, 5) is 14.9. The summed E-state index contributed by atoms with van der Waals surface area (Å²) in [5, 5.41) is 0. The van der Waals surface area contributed by atoms with Gasteiger partial charge in [0.25, 0.3) is 0 Å². The first-order valence-electron chi connectivity index (χ1n) is 7.21. The fourth-order valence-corrected chi connectivity index (χ4v) is 2.25. The zero-order valence-corrected chi connectivity index (χ0v) is 14.5. The molecule has 0 unspecified atom stereocenters. The number of hydrogen-bond donors (Lipinski definition) is 1. The van der Waals surface area contributed by atoms with Gasteiger partial charge in [-0.2, -0.15) is 21.6 Å². The maximum Gasteiger partial charge on any atom is 0.534 e. The van der Waals surface area contributed by atoms with Crippen molar-refractivity contribution in [2.75, 3.05) is 5.73 Å². The molecule has 0 atom stereocenters. The number of anilines is 1. The predicted molar refractivity (Wildman–Crippen MR) is 91.5 cm³/mol. The van der Waals surface area contributed by atoms with Gasteiger partial charge in [0.15, 0.2) is 0 Å². The molecule has 2 aromatic rings. The summed E-state index contributed by atoms with van der Waals surface area (Å²) < 4.78 is 68.2. The second-order valence-electron chi connectivity index (χ2n) is 5.12. The monoisotopic (exact) mass is 402 g/mol. The number of hydrogen-bond acceptors (Lipinski definition) is 7. The maximum atomic E-state index is 12.4. The zero-order valence-electron chi connectivity index (χ0n) is 13.7. The normalized spacial score (nSPS) is 12.1. The van der Waals surface area contributed by atoms with E-state index in [1.54, 1.807) is 0 Å². The smallest absolute Gasteiger partial charge is 0.427 e. The van der Waals surface area contributed by atoms with Crippen LogP contribution in [-0.4, -0.2) is 26.1 Å². The molecule has 2 rings (SSSR count). The van der Waals surface area contributed by atoms with Gasteiger partial charge < -0.3 is 14.7 Å². The number of benzene rings is 2. The molecule has 0 fully saturated rings. The second-order valence-corrected chi connectivity index (χ2v) is 6.66.